The van der Waals surface area contributed by atoms with Crippen LogP contribution >= 0.6 is 0 Å². The Morgan fingerprint density at radius 1 is 0.969 bits per heavy atom. The van der Waals surface area contributed by atoms with Crippen molar-refractivity contribution >= 4 is 21.6 Å². The lowest BCUT2D eigenvalue weighted by atomic mass is 10.0. The Balaban J connectivity index is 1.73. The molecule has 1 heterocycles. The van der Waals surface area contributed by atoms with E-state index in [9.17, 15) is 8.42 Å². The van der Waals surface area contributed by atoms with Gasteiger partial charge in [0.2, 0.25) is 0 Å². The number of nitrogens with one attached hydrogen (secondary N) is 1. The molecular weight excluding hydrogens is 425 g/mol. The van der Waals surface area contributed by atoms with Crippen LogP contribution in [0.4, 0.5) is 15.8 Å². The minimum Gasteiger partial charge on any atom is -0.320 e. The van der Waals surface area contributed by atoms with Crippen LogP contribution in [0, 0.1) is 12.7 Å². The molecule has 0 bridgehead atoms. The van der Waals surface area contributed by atoms with Crippen molar-refractivity contribution in [2.45, 2.75) is 26.3 Å². The number of hydrogen-bond acceptors (Lipinski definition) is 3. The van der Waals surface area contributed by atoms with Crippen LogP contribution < -0.4 is 9.62 Å². The number of fused-ring (bicyclic) bond motifs is 1. The van der Waals surface area contributed by atoms with E-state index in [1.165, 1.54) is 10.4 Å². The molecule has 1 N–H and O–H groups in total. The SMILES string of the molecule is CNCCCN1Cc2cc(C)ccc2N(c2ccc(Cc3ccccc3)cc2F)S1(=O)=O. The molecule has 32 heavy (non-hydrogen) atoms. The van der Waals surface area contributed by atoms with Crippen LogP contribution in [0.1, 0.15) is 28.7 Å². The third kappa shape index (κ3) is 4.55. The van der Waals surface area contributed by atoms with E-state index in [2.05, 4.69) is 5.32 Å². The van der Waals surface area contributed by atoms with Crippen LogP contribution in [-0.2, 0) is 23.2 Å². The molecule has 0 spiro atoms. The largest absolute Gasteiger partial charge is 0.320 e. The lowest BCUT2D eigenvalue weighted by molar-refractivity contribution is 0.391. The zero-order valence-electron chi connectivity index (χ0n) is 18.4. The van der Waals surface area contributed by atoms with Gasteiger partial charge in [-0.05, 0) is 68.2 Å². The first-order valence-electron chi connectivity index (χ1n) is 10.8. The maximum atomic E-state index is 15.4. The standard InChI is InChI=1S/C25H28FN3O2S/c1-19-9-11-24-22(15-19)18-28(14-6-13-27-2)32(30,31)29(24)25-12-10-21(17-23(25)26)16-20-7-4-3-5-8-20/h3-5,7-12,15,17,27H,6,13-14,16,18H2,1-2H3. The van der Waals surface area contributed by atoms with E-state index in [0.29, 0.717) is 31.6 Å². The van der Waals surface area contributed by atoms with Crippen molar-refractivity contribution in [2.24, 2.45) is 0 Å². The van der Waals surface area contributed by atoms with Crippen LogP contribution in [0.2, 0.25) is 0 Å². The summed E-state index contributed by atoms with van der Waals surface area (Å²) in [5.41, 5.74) is 4.33. The Morgan fingerprint density at radius 3 is 2.44 bits per heavy atom. The molecule has 4 rings (SSSR count). The second kappa shape index (κ2) is 9.40. The first-order chi connectivity index (χ1) is 15.4. The van der Waals surface area contributed by atoms with Gasteiger partial charge in [0, 0.05) is 13.1 Å². The summed E-state index contributed by atoms with van der Waals surface area (Å²) in [6, 6.07) is 20.2. The molecule has 0 radical (unpaired) electrons. The van der Waals surface area contributed by atoms with E-state index in [1.54, 1.807) is 18.2 Å². The molecule has 0 atom stereocenters. The molecule has 3 aromatic carbocycles. The van der Waals surface area contributed by atoms with Crippen molar-refractivity contribution in [3.63, 3.8) is 0 Å². The van der Waals surface area contributed by atoms with Gasteiger partial charge in [0.05, 0.1) is 11.4 Å². The number of anilines is 2. The second-order valence-corrected chi connectivity index (χ2v) is 9.92. The van der Waals surface area contributed by atoms with Crippen LogP contribution in [0.15, 0.2) is 66.7 Å². The topological polar surface area (TPSA) is 52.6 Å². The molecule has 7 heteroatoms. The zero-order chi connectivity index (χ0) is 22.7. The summed E-state index contributed by atoms with van der Waals surface area (Å²) in [5.74, 6) is -0.550. The molecule has 168 valence electrons. The van der Waals surface area contributed by atoms with Crippen LogP contribution in [0.25, 0.3) is 0 Å². The monoisotopic (exact) mass is 453 g/mol. The summed E-state index contributed by atoms with van der Waals surface area (Å²) in [4.78, 5) is 0. The van der Waals surface area contributed by atoms with Gasteiger partial charge in [0.15, 0.2) is 0 Å². The highest BCUT2D eigenvalue weighted by molar-refractivity contribution is 7.90. The van der Waals surface area contributed by atoms with E-state index in [4.69, 9.17) is 0 Å². The van der Waals surface area contributed by atoms with Gasteiger partial charge in [-0.2, -0.15) is 12.7 Å². The summed E-state index contributed by atoms with van der Waals surface area (Å²) >= 11 is 0. The van der Waals surface area contributed by atoms with Crippen molar-refractivity contribution in [3.05, 3.63) is 94.8 Å². The lowest BCUT2D eigenvalue weighted by Gasteiger charge is -2.37. The minimum absolute atomic E-state index is 0.0465. The predicted molar refractivity (Wildman–Crippen MR) is 127 cm³/mol. The van der Waals surface area contributed by atoms with Crippen molar-refractivity contribution in [2.75, 3.05) is 24.4 Å². The molecule has 5 nitrogen and oxygen atoms in total. The third-order valence-electron chi connectivity index (χ3n) is 5.67. The molecule has 0 unspecified atom stereocenters. The normalized spacial score (nSPS) is 15.5. The van der Waals surface area contributed by atoms with E-state index >= 15 is 4.39 Å². The smallest absolute Gasteiger partial charge is 0.308 e. The molecule has 0 amide bonds. The van der Waals surface area contributed by atoms with Gasteiger partial charge in [-0.25, -0.2) is 8.70 Å². The Hall–Kier alpha value is -2.74. The molecule has 1 aliphatic rings. The number of rotatable bonds is 7. The fourth-order valence-electron chi connectivity index (χ4n) is 4.09. The van der Waals surface area contributed by atoms with Gasteiger partial charge in [-0.1, -0.05) is 54.1 Å². The quantitative estimate of drug-likeness (QED) is 0.535. The van der Waals surface area contributed by atoms with Crippen LogP contribution in [0.5, 0.6) is 0 Å². The van der Waals surface area contributed by atoms with Gasteiger partial charge in [-0.3, -0.25) is 0 Å². The first kappa shape index (κ1) is 22.5. The summed E-state index contributed by atoms with van der Waals surface area (Å²) in [5, 5.41) is 3.05. The Bertz CT molecular complexity index is 1200. The highest BCUT2D eigenvalue weighted by atomic mass is 32.2. The summed E-state index contributed by atoms with van der Waals surface area (Å²) in [6.07, 6.45) is 1.25. The molecule has 0 aromatic heterocycles. The van der Waals surface area contributed by atoms with Gasteiger partial charge in [-0.15, -0.1) is 0 Å². The van der Waals surface area contributed by atoms with Crippen molar-refractivity contribution < 1.29 is 12.8 Å². The molecule has 0 saturated carbocycles. The van der Waals surface area contributed by atoms with E-state index < -0.39 is 16.0 Å². The Kier molecular flexibility index (Phi) is 6.60. The van der Waals surface area contributed by atoms with Crippen LogP contribution in [0.3, 0.4) is 0 Å². The number of halogens is 1. The van der Waals surface area contributed by atoms with Gasteiger partial charge >= 0.3 is 10.2 Å². The summed E-state index contributed by atoms with van der Waals surface area (Å²) in [6.45, 7) is 3.32. The molecule has 1 aliphatic heterocycles. The number of nitrogens with zero attached hydrogens (tertiary/aromatic N) is 2. The van der Waals surface area contributed by atoms with Gasteiger partial charge < -0.3 is 5.32 Å². The Morgan fingerprint density at radius 2 is 1.72 bits per heavy atom. The number of aryl methyl sites for hydroxylation is 1. The third-order valence-corrected chi connectivity index (χ3v) is 7.49. The van der Waals surface area contributed by atoms with E-state index in [-0.39, 0.29) is 12.2 Å². The highest BCUT2D eigenvalue weighted by Gasteiger charge is 2.38. The lowest BCUT2D eigenvalue weighted by Crippen LogP contribution is -2.46. The Labute approximate surface area is 189 Å². The summed E-state index contributed by atoms with van der Waals surface area (Å²) in [7, 11) is -2.08. The molecule has 0 aliphatic carbocycles. The number of benzene rings is 3. The maximum absolute atomic E-state index is 15.4. The van der Waals surface area contributed by atoms with Crippen molar-refractivity contribution in [1.29, 1.82) is 0 Å². The zero-order valence-corrected chi connectivity index (χ0v) is 19.2. The summed E-state index contributed by atoms with van der Waals surface area (Å²) < 4.78 is 45.0. The molecule has 0 fully saturated rings. The average molecular weight is 454 g/mol. The van der Waals surface area contributed by atoms with E-state index in [0.717, 1.165) is 26.6 Å². The van der Waals surface area contributed by atoms with Gasteiger partial charge in [0.25, 0.3) is 0 Å². The van der Waals surface area contributed by atoms with Crippen molar-refractivity contribution in [3.8, 4) is 0 Å². The predicted octanol–water partition coefficient (Wildman–Crippen LogP) is 4.53. The fraction of sp³-hybridized carbons (Fsp3) is 0.280. The van der Waals surface area contributed by atoms with Crippen LogP contribution in [-0.4, -0.2) is 32.9 Å². The van der Waals surface area contributed by atoms with Gasteiger partial charge in [0.1, 0.15) is 5.82 Å². The molecule has 0 saturated heterocycles. The fourth-order valence-corrected chi connectivity index (χ4v) is 5.80. The molecular formula is C25H28FN3O2S. The van der Waals surface area contributed by atoms with E-state index in [1.807, 2.05) is 56.4 Å². The minimum atomic E-state index is -3.92. The number of hydrogen-bond donors (Lipinski definition) is 1. The highest BCUT2D eigenvalue weighted by Crippen LogP contribution is 2.40. The van der Waals surface area contributed by atoms with Crippen molar-refractivity contribution in [1.82, 2.24) is 9.62 Å². The average Bonchev–Trinajstić information content (AvgIpc) is 2.76. The maximum Gasteiger partial charge on any atom is 0.308 e. The molecule has 3 aromatic rings. The first-order valence-corrected chi connectivity index (χ1v) is 12.2. The second-order valence-electron chi connectivity index (χ2n) is 8.14.